The van der Waals surface area contributed by atoms with Crippen molar-refractivity contribution in [3.63, 3.8) is 0 Å². The second-order valence-electron chi connectivity index (χ2n) is 6.70. The van der Waals surface area contributed by atoms with Crippen LogP contribution in [0.5, 0.6) is 0 Å². The third kappa shape index (κ3) is 3.71. The Morgan fingerprint density at radius 3 is 2.42 bits per heavy atom. The fraction of sp³-hybridized carbons (Fsp3) is 0.938. The molecular formula is C16H29NO2. The third-order valence-electron chi connectivity index (χ3n) is 5.23. The molecule has 1 aliphatic carbocycles. The molecule has 1 N–H and O–H groups in total. The van der Waals surface area contributed by atoms with Gasteiger partial charge in [0, 0.05) is 18.5 Å². The molecule has 0 bridgehead atoms. The van der Waals surface area contributed by atoms with Crippen LogP contribution in [0, 0.1) is 11.8 Å². The molecule has 0 amide bonds. The highest BCUT2D eigenvalue weighted by atomic mass is 16.4. The van der Waals surface area contributed by atoms with Crippen LogP contribution in [0.25, 0.3) is 0 Å². The van der Waals surface area contributed by atoms with Crippen molar-refractivity contribution in [2.45, 2.75) is 77.3 Å². The van der Waals surface area contributed by atoms with Crippen molar-refractivity contribution >= 4 is 5.97 Å². The first kappa shape index (κ1) is 14.8. The average Bonchev–Trinajstić information content (AvgIpc) is 2.37. The predicted octanol–water partition coefficient (Wildman–Crippen LogP) is 3.53. The normalized spacial score (nSPS) is 37.2. The molecule has 1 saturated heterocycles. The van der Waals surface area contributed by atoms with Gasteiger partial charge in [0.1, 0.15) is 0 Å². The molecular weight excluding hydrogens is 238 g/mol. The molecule has 2 fully saturated rings. The summed E-state index contributed by atoms with van der Waals surface area (Å²) in [7, 11) is 0. The molecule has 0 aromatic carbocycles. The summed E-state index contributed by atoms with van der Waals surface area (Å²) in [5.74, 6) is 0.902. The van der Waals surface area contributed by atoms with Crippen molar-refractivity contribution in [2.24, 2.45) is 11.8 Å². The van der Waals surface area contributed by atoms with Crippen molar-refractivity contribution < 1.29 is 9.90 Å². The second kappa shape index (κ2) is 6.74. The van der Waals surface area contributed by atoms with Gasteiger partial charge >= 0.3 is 5.97 Å². The zero-order valence-electron chi connectivity index (χ0n) is 12.5. The van der Waals surface area contributed by atoms with E-state index in [2.05, 4.69) is 18.7 Å². The average molecular weight is 267 g/mol. The minimum atomic E-state index is -0.643. The number of hydrogen-bond donors (Lipinski definition) is 1. The molecule has 3 atom stereocenters. The molecule has 3 heteroatoms. The Morgan fingerprint density at radius 1 is 1.11 bits per heavy atom. The minimum absolute atomic E-state index is 0.330. The Kier molecular flexibility index (Phi) is 5.26. The molecule has 0 aromatic heterocycles. The van der Waals surface area contributed by atoms with Gasteiger partial charge < -0.3 is 5.11 Å². The maximum absolute atomic E-state index is 10.8. The van der Waals surface area contributed by atoms with Crippen LogP contribution in [-0.4, -0.2) is 34.6 Å². The van der Waals surface area contributed by atoms with Crippen LogP contribution in [0.4, 0.5) is 0 Å². The summed E-state index contributed by atoms with van der Waals surface area (Å²) in [5, 5.41) is 8.93. The van der Waals surface area contributed by atoms with Gasteiger partial charge in [-0.3, -0.25) is 9.69 Å². The predicted molar refractivity (Wildman–Crippen MR) is 77.2 cm³/mol. The molecule has 1 heterocycles. The molecule has 3 unspecified atom stereocenters. The van der Waals surface area contributed by atoms with Gasteiger partial charge in [0.05, 0.1) is 0 Å². The van der Waals surface area contributed by atoms with Gasteiger partial charge in [0.2, 0.25) is 0 Å². The quantitative estimate of drug-likeness (QED) is 0.847. The first-order chi connectivity index (χ1) is 9.09. The van der Waals surface area contributed by atoms with Gasteiger partial charge in [-0.15, -0.1) is 0 Å². The summed E-state index contributed by atoms with van der Waals surface area (Å²) < 4.78 is 0. The monoisotopic (exact) mass is 267 g/mol. The van der Waals surface area contributed by atoms with E-state index in [9.17, 15) is 4.79 Å². The van der Waals surface area contributed by atoms with Crippen LogP contribution >= 0.6 is 0 Å². The highest BCUT2D eigenvalue weighted by Gasteiger charge is 2.36. The van der Waals surface area contributed by atoms with E-state index in [0.29, 0.717) is 18.5 Å². The van der Waals surface area contributed by atoms with E-state index in [1.165, 1.54) is 45.1 Å². The number of rotatable bonds is 4. The smallest absolute Gasteiger partial charge is 0.303 e. The molecule has 0 radical (unpaired) electrons. The molecule has 2 rings (SSSR count). The van der Waals surface area contributed by atoms with Gasteiger partial charge in [-0.1, -0.05) is 26.7 Å². The number of hydrogen-bond acceptors (Lipinski definition) is 2. The van der Waals surface area contributed by atoms with Gasteiger partial charge in [0.15, 0.2) is 0 Å². The van der Waals surface area contributed by atoms with Crippen LogP contribution in [0.3, 0.4) is 0 Å². The number of carboxylic acid groups (broad SMARTS) is 1. The molecule has 110 valence electrons. The van der Waals surface area contributed by atoms with E-state index < -0.39 is 5.97 Å². The van der Waals surface area contributed by atoms with Gasteiger partial charge in [-0.2, -0.15) is 0 Å². The number of piperidine rings is 1. The highest BCUT2D eigenvalue weighted by Crippen LogP contribution is 2.36. The van der Waals surface area contributed by atoms with Crippen molar-refractivity contribution in [1.29, 1.82) is 0 Å². The molecule has 19 heavy (non-hydrogen) atoms. The van der Waals surface area contributed by atoms with E-state index in [4.69, 9.17) is 5.11 Å². The molecule has 1 aliphatic heterocycles. The van der Waals surface area contributed by atoms with Crippen molar-refractivity contribution in [2.75, 3.05) is 6.54 Å². The molecule has 1 saturated carbocycles. The maximum Gasteiger partial charge on any atom is 0.303 e. The Labute approximate surface area is 117 Å². The number of aliphatic carboxylic acids is 1. The van der Waals surface area contributed by atoms with Crippen molar-refractivity contribution in [1.82, 2.24) is 4.90 Å². The Bertz CT molecular complexity index is 295. The molecule has 0 spiro atoms. The Balaban J connectivity index is 2.02. The lowest BCUT2D eigenvalue weighted by Gasteiger charge is -2.48. The molecule has 3 nitrogen and oxygen atoms in total. The second-order valence-corrected chi connectivity index (χ2v) is 6.70. The Hall–Kier alpha value is -0.570. The van der Waals surface area contributed by atoms with Gasteiger partial charge in [-0.25, -0.2) is 0 Å². The fourth-order valence-electron chi connectivity index (χ4n) is 4.33. The molecule has 2 aliphatic rings. The first-order valence-corrected chi connectivity index (χ1v) is 8.07. The lowest BCUT2D eigenvalue weighted by Crippen LogP contribution is -2.53. The highest BCUT2D eigenvalue weighted by molar-refractivity contribution is 5.66. The lowest BCUT2D eigenvalue weighted by atomic mass is 9.76. The van der Waals surface area contributed by atoms with Gasteiger partial charge in [0.25, 0.3) is 0 Å². The summed E-state index contributed by atoms with van der Waals surface area (Å²) >= 11 is 0. The van der Waals surface area contributed by atoms with E-state index in [-0.39, 0.29) is 0 Å². The van der Waals surface area contributed by atoms with Crippen LogP contribution < -0.4 is 0 Å². The van der Waals surface area contributed by atoms with Gasteiger partial charge in [-0.05, 0) is 50.5 Å². The molecule has 0 aromatic rings. The van der Waals surface area contributed by atoms with Crippen LogP contribution in [0.15, 0.2) is 0 Å². The van der Waals surface area contributed by atoms with E-state index in [0.717, 1.165) is 18.3 Å². The zero-order valence-corrected chi connectivity index (χ0v) is 12.5. The number of carboxylic acids is 1. The van der Waals surface area contributed by atoms with Crippen LogP contribution in [0.1, 0.15) is 65.2 Å². The van der Waals surface area contributed by atoms with Crippen LogP contribution in [0.2, 0.25) is 0 Å². The van der Waals surface area contributed by atoms with E-state index in [1.54, 1.807) is 0 Å². The number of likely N-dealkylation sites (tertiary alicyclic amines) is 1. The minimum Gasteiger partial charge on any atom is -0.481 e. The summed E-state index contributed by atoms with van der Waals surface area (Å²) in [4.78, 5) is 13.5. The van der Waals surface area contributed by atoms with E-state index in [1.807, 2.05) is 0 Å². The standard InChI is InChI=1S/C16H29NO2/c1-12-6-5-7-13(2)16(12)17-11-4-3-8-14(17)9-10-15(18)19/h12-14,16H,3-11H2,1-2H3,(H,18,19). The maximum atomic E-state index is 10.8. The largest absolute Gasteiger partial charge is 0.481 e. The fourth-order valence-corrected chi connectivity index (χ4v) is 4.33. The summed E-state index contributed by atoms with van der Waals surface area (Å²) in [5.41, 5.74) is 0. The number of carbonyl (C=O) groups is 1. The topological polar surface area (TPSA) is 40.5 Å². The number of nitrogens with zero attached hydrogens (tertiary/aromatic N) is 1. The summed E-state index contributed by atoms with van der Waals surface area (Å²) in [6.07, 6.45) is 8.99. The summed E-state index contributed by atoms with van der Waals surface area (Å²) in [6.45, 7) is 5.97. The van der Waals surface area contributed by atoms with Crippen molar-refractivity contribution in [3.8, 4) is 0 Å². The third-order valence-corrected chi connectivity index (χ3v) is 5.23. The zero-order chi connectivity index (χ0) is 13.8. The summed E-state index contributed by atoms with van der Waals surface area (Å²) in [6, 6.07) is 1.20. The van der Waals surface area contributed by atoms with E-state index >= 15 is 0 Å². The SMILES string of the molecule is CC1CCCC(C)C1N1CCCCC1CCC(=O)O. The van der Waals surface area contributed by atoms with Crippen LogP contribution in [-0.2, 0) is 4.79 Å². The first-order valence-electron chi connectivity index (χ1n) is 8.07. The van der Waals surface area contributed by atoms with Crippen molar-refractivity contribution in [3.05, 3.63) is 0 Å². The Morgan fingerprint density at radius 2 is 1.79 bits per heavy atom. The lowest BCUT2D eigenvalue weighted by molar-refractivity contribution is -0.137.